The Labute approximate surface area is 164 Å². The van der Waals surface area contributed by atoms with Gasteiger partial charge in [0, 0.05) is 30.4 Å². The second-order valence-corrected chi connectivity index (χ2v) is 8.14. The number of halogens is 1. The quantitative estimate of drug-likeness (QED) is 0.600. The summed E-state index contributed by atoms with van der Waals surface area (Å²) in [6.07, 6.45) is 0. The number of aromatic nitrogens is 5. The van der Waals surface area contributed by atoms with Gasteiger partial charge < -0.3 is 9.64 Å². The van der Waals surface area contributed by atoms with Crippen LogP contribution < -0.4 is 4.90 Å². The van der Waals surface area contributed by atoms with Gasteiger partial charge in [0.25, 0.3) is 0 Å². The van der Waals surface area contributed by atoms with Gasteiger partial charge in [-0.15, -0.1) is 15.3 Å². The van der Waals surface area contributed by atoms with Crippen LogP contribution in [0.4, 0.5) is 5.95 Å². The van der Waals surface area contributed by atoms with Crippen LogP contribution in [0.5, 0.6) is 0 Å². The summed E-state index contributed by atoms with van der Waals surface area (Å²) in [5.41, 5.74) is 3.00. The fourth-order valence-corrected chi connectivity index (χ4v) is 4.41. The normalized spacial score (nSPS) is 14.8. The van der Waals surface area contributed by atoms with E-state index in [0.717, 1.165) is 35.6 Å². The van der Waals surface area contributed by atoms with E-state index in [4.69, 9.17) is 16.3 Å². The van der Waals surface area contributed by atoms with Crippen molar-refractivity contribution in [3.05, 3.63) is 39.9 Å². The maximum Gasteiger partial charge on any atom is 0.232 e. The van der Waals surface area contributed by atoms with Crippen molar-refractivity contribution in [3.8, 4) is 5.69 Å². The summed E-state index contributed by atoms with van der Waals surface area (Å²) < 4.78 is 12.1. The van der Waals surface area contributed by atoms with Gasteiger partial charge in [-0.25, -0.2) is 0 Å². The third-order valence-electron chi connectivity index (χ3n) is 4.02. The summed E-state index contributed by atoms with van der Waals surface area (Å²) in [7, 11) is 0. The van der Waals surface area contributed by atoms with Gasteiger partial charge in [0.15, 0.2) is 5.16 Å². The van der Waals surface area contributed by atoms with Gasteiger partial charge in [-0.1, -0.05) is 40.0 Å². The Bertz CT molecular complexity index is 893. The van der Waals surface area contributed by atoms with Crippen molar-refractivity contribution in [1.82, 2.24) is 24.4 Å². The average molecular weight is 409 g/mol. The number of thioether (sulfide) groups is 1. The Morgan fingerprint density at radius 2 is 2.08 bits per heavy atom. The summed E-state index contributed by atoms with van der Waals surface area (Å²) in [4.78, 5) is 2.21. The van der Waals surface area contributed by atoms with Crippen LogP contribution in [-0.2, 0) is 10.5 Å². The molecule has 26 heavy (non-hydrogen) atoms. The van der Waals surface area contributed by atoms with Crippen LogP contribution in [0.3, 0.4) is 0 Å². The van der Waals surface area contributed by atoms with Gasteiger partial charge in [-0.05, 0) is 24.6 Å². The lowest BCUT2D eigenvalue weighted by Crippen LogP contribution is -2.37. The number of morpholine rings is 1. The van der Waals surface area contributed by atoms with Crippen molar-refractivity contribution >= 4 is 40.8 Å². The van der Waals surface area contributed by atoms with Crippen LogP contribution >= 0.6 is 34.9 Å². The molecular weight excluding hydrogens is 392 g/mol. The molecule has 0 saturated carbocycles. The minimum Gasteiger partial charge on any atom is -0.378 e. The Hall–Kier alpha value is -1.68. The summed E-state index contributed by atoms with van der Waals surface area (Å²) in [5, 5.41) is 13.8. The van der Waals surface area contributed by atoms with E-state index in [2.05, 4.69) is 54.4 Å². The summed E-state index contributed by atoms with van der Waals surface area (Å²) in [5.74, 6) is 1.44. The number of anilines is 1. The number of hydrogen-bond acceptors (Lipinski definition) is 8. The molecule has 0 radical (unpaired) electrons. The SMILES string of the molecule is Cc1cccc(-n2c(SCc3nnsc3Cl)nnc2N2CCOCC2)c1. The first-order chi connectivity index (χ1) is 12.7. The van der Waals surface area contributed by atoms with E-state index in [0.29, 0.717) is 23.3 Å². The number of nitrogens with zero attached hydrogens (tertiary/aromatic N) is 6. The molecule has 1 aromatic carbocycles. The molecule has 3 heterocycles. The molecule has 136 valence electrons. The highest BCUT2D eigenvalue weighted by Crippen LogP contribution is 2.31. The van der Waals surface area contributed by atoms with Crippen molar-refractivity contribution in [2.24, 2.45) is 0 Å². The maximum absolute atomic E-state index is 6.13. The molecule has 2 aromatic heterocycles. The zero-order chi connectivity index (χ0) is 17.9. The first kappa shape index (κ1) is 17.7. The molecule has 0 amide bonds. The molecule has 0 atom stereocenters. The lowest BCUT2D eigenvalue weighted by molar-refractivity contribution is 0.122. The molecule has 7 nitrogen and oxygen atoms in total. The van der Waals surface area contributed by atoms with Crippen molar-refractivity contribution in [1.29, 1.82) is 0 Å². The molecule has 4 rings (SSSR count). The molecule has 1 fully saturated rings. The maximum atomic E-state index is 6.13. The fraction of sp³-hybridized carbons (Fsp3) is 0.375. The fourth-order valence-electron chi connectivity index (χ4n) is 2.73. The van der Waals surface area contributed by atoms with Gasteiger partial charge in [-0.2, -0.15) is 0 Å². The molecule has 0 N–H and O–H groups in total. The minimum atomic E-state index is 0.600. The summed E-state index contributed by atoms with van der Waals surface area (Å²) >= 11 is 8.88. The zero-order valence-electron chi connectivity index (χ0n) is 14.1. The Morgan fingerprint density at radius 1 is 1.23 bits per heavy atom. The van der Waals surface area contributed by atoms with Gasteiger partial charge in [-0.3, -0.25) is 4.57 Å². The van der Waals surface area contributed by atoms with Crippen molar-refractivity contribution in [2.75, 3.05) is 31.2 Å². The topological polar surface area (TPSA) is 69.0 Å². The smallest absolute Gasteiger partial charge is 0.232 e. The van der Waals surface area contributed by atoms with E-state index in [1.807, 2.05) is 6.07 Å². The lowest BCUT2D eigenvalue weighted by Gasteiger charge is -2.28. The zero-order valence-corrected chi connectivity index (χ0v) is 16.5. The van der Waals surface area contributed by atoms with Crippen LogP contribution in [0.1, 0.15) is 11.3 Å². The number of rotatable bonds is 5. The molecule has 1 aliphatic heterocycles. The third-order valence-corrected chi connectivity index (χ3v) is 5.94. The van der Waals surface area contributed by atoms with E-state index in [-0.39, 0.29) is 0 Å². The monoisotopic (exact) mass is 408 g/mol. The van der Waals surface area contributed by atoms with Gasteiger partial charge >= 0.3 is 0 Å². The van der Waals surface area contributed by atoms with Crippen LogP contribution in [0.25, 0.3) is 5.69 Å². The van der Waals surface area contributed by atoms with E-state index >= 15 is 0 Å². The number of benzene rings is 1. The molecule has 0 aliphatic carbocycles. The molecule has 10 heteroatoms. The molecular formula is C16H17ClN6OS2. The van der Waals surface area contributed by atoms with Gasteiger partial charge in [0.05, 0.1) is 18.9 Å². The first-order valence-corrected chi connectivity index (χ1v) is 10.3. The minimum absolute atomic E-state index is 0.600. The second kappa shape index (κ2) is 7.91. The largest absolute Gasteiger partial charge is 0.378 e. The Kier molecular flexibility index (Phi) is 5.39. The Balaban J connectivity index is 1.68. The van der Waals surface area contributed by atoms with E-state index in [1.54, 1.807) is 11.8 Å². The number of aryl methyl sites for hydroxylation is 1. The van der Waals surface area contributed by atoms with Gasteiger partial charge in [0.2, 0.25) is 5.95 Å². The van der Waals surface area contributed by atoms with Crippen molar-refractivity contribution < 1.29 is 4.74 Å². The predicted molar refractivity (Wildman–Crippen MR) is 104 cm³/mol. The second-order valence-electron chi connectivity index (χ2n) is 5.84. The van der Waals surface area contributed by atoms with E-state index < -0.39 is 0 Å². The molecule has 0 unspecified atom stereocenters. The lowest BCUT2D eigenvalue weighted by atomic mass is 10.2. The highest BCUT2D eigenvalue weighted by Gasteiger charge is 2.22. The van der Waals surface area contributed by atoms with Crippen LogP contribution in [0.15, 0.2) is 29.4 Å². The van der Waals surface area contributed by atoms with E-state index in [1.165, 1.54) is 17.1 Å². The van der Waals surface area contributed by atoms with Crippen LogP contribution in [0, 0.1) is 6.92 Å². The predicted octanol–water partition coefficient (Wildman–Crippen LogP) is 3.21. The van der Waals surface area contributed by atoms with Crippen molar-refractivity contribution in [2.45, 2.75) is 17.8 Å². The average Bonchev–Trinajstić information content (AvgIpc) is 3.26. The van der Waals surface area contributed by atoms with Crippen LogP contribution in [0.2, 0.25) is 4.34 Å². The molecule has 1 saturated heterocycles. The standard InChI is InChI=1S/C16H17ClN6OS2/c1-11-3-2-4-12(9-11)23-15(22-5-7-24-8-6-22)19-20-16(23)25-10-13-14(17)26-21-18-13/h2-4,9H,5-8,10H2,1H3. The Morgan fingerprint density at radius 3 is 2.81 bits per heavy atom. The highest BCUT2D eigenvalue weighted by atomic mass is 35.5. The van der Waals surface area contributed by atoms with Crippen LogP contribution in [-0.4, -0.2) is 50.7 Å². The third kappa shape index (κ3) is 3.71. The number of ether oxygens (including phenoxy) is 1. The molecule has 0 bridgehead atoms. The number of hydrogen-bond donors (Lipinski definition) is 0. The molecule has 0 spiro atoms. The molecule has 1 aliphatic rings. The summed E-state index contributed by atoms with van der Waals surface area (Å²) in [6.45, 7) is 5.08. The highest BCUT2D eigenvalue weighted by molar-refractivity contribution is 7.98. The van der Waals surface area contributed by atoms with Crippen molar-refractivity contribution in [3.63, 3.8) is 0 Å². The van der Waals surface area contributed by atoms with Gasteiger partial charge in [0.1, 0.15) is 10.0 Å². The molecule has 3 aromatic rings. The summed E-state index contributed by atoms with van der Waals surface area (Å²) in [6, 6.07) is 8.33. The first-order valence-electron chi connectivity index (χ1n) is 8.17. The van der Waals surface area contributed by atoms with E-state index in [9.17, 15) is 0 Å².